The third-order valence-corrected chi connectivity index (χ3v) is 2.75. The molecule has 76 valence electrons. The fourth-order valence-corrected chi connectivity index (χ4v) is 1.95. The highest BCUT2D eigenvalue weighted by molar-refractivity contribution is 5.28. The quantitative estimate of drug-likeness (QED) is 0.733. The third-order valence-electron chi connectivity index (χ3n) is 2.75. The van der Waals surface area contributed by atoms with Crippen LogP contribution in [0, 0.1) is 6.92 Å². The molecule has 0 saturated carbocycles. The molecular formula is C12H17NO. The van der Waals surface area contributed by atoms with Crippen molar-refractivity contribution in [2.75, 3.05) is 19.8 Å². The third kappa shape index (κ3) is 2.14. The van der Waals surface area contributed by atoms with Crippen molar-refractivity contribution in [3.8, 4) is 0 Å². The molecule has 1 aromatic carbocycles. The first-order chi connectivity index (χ1) is 6.88. The van der Waals surface area contributed by atoms with Crippen LogP contribution in [0.5, 0.6) is 0 Å². The number of aryl methyl sites for hydroxylation is 1. The number of benzene rings is 1. The lowest BCUT2D eigenvalue weighted by atomic mass is 9.99. The van der Waals surface area contributed by atoms with Crippen molar-refractivity contribution in [2.45, 2.75) is 19.4 Å². The van der Waals surface area contributed by atoms with E-state index in [1.165, 1.54) is 11.1 Å². The van der Waals surface area contributed by atoms with Crippen LogP contribution >= 0.6 is 0 Å². The van der Waals surface area contributed by atoms with E-state index >= 15 is 0 Å². The number of hydrogen-bond donors (Lipinski definition) is 1. The van der Waals surface area contributed by atoms with E-state index in [9.17, 15) is 0 Å². The topological polar surface area (TPSA) is 21.3 Å². The fourth-order valence-electron chi connectivity index (χ4n) is 1.95. The van der Waals surface area contributed by atoms with E-state index in [1.807, 2.05) is 0 Å². The molecule has 0 spiro atoms. The van der Waals surface area contributed by atoms with Crippen molar-refractivity contribution in [1.82, 2.24) is 5.32 Å². The van der Waals surface area contributed by atoms with Crippen molar-refractivity contribution in [2.24, 2.45) is 0 Å². The van der Waals surface area contributed by atoms with E-state index in [-0.39, 0.29) is 0 Å². The molecule has 1 fully saturated rings. The molecule has 1 N–H and O–H groups in total. The second-order valence-corrected chi connectivity index (χ2v) is 3.76. The highest BCUT2D eigenvalue weighted by Gasteiger charge is 2.14. The maximum Gasteiger partial charge on any atom is 0.0591 e. The molecule has 1 aliphatic rings. The van der Waals surface area contributed by atoms with Crippen LogP contribution in [0.4, 0.5) is 0 Å². The van der Waals surface area contributed by atoms with Crippen LogP contribution in [0.1, 0.15) is 23.6 Å². The summed E-state index contributed by atoms with van der Waals surface area (Å²) in [6.45, 7) is 4.83. The summed E-state index contributed by atoms with van der Waals surface area (Å²) in [5, 5.41) is 3.51. The Morgan fingerprint density at radius 3 is 3.00 bits per heavy atom. The van der Waals surface area contributed by atoms with Crippen molar-refractivity contribution in [3.05, 3.63) is 35.4 Å². The number of nitrogens with one attached hydrogen (secondary N) is 1. The van der Waals surface area contributed by atoms with Crippen molar-refractivity contribution in [1.29, 1.82) is 0 Å². The van der Waals surface area contributed by atoms with Gasteiger partial charge in [-0.05, 0) is 24.5 Å². The molecule has 0 aliphatic carbocycles. The smallest absolute Gasteiger partial charge is 0.0591 e. The Labute approximate surface area is 85.3 Å². The van der Waals surface area contributed by atoms with E-state index in [0.717, 1.165) is 26.2 Å². The molecule has 0 radical (unpaired) electrons. The zero-order valence-corrected chi connectivity index (χ0v) is 8.62. The van der Waals surface area contributed by atoms with Crippen LogP contribution in [0.2, 0.25) is 0 Å². The molecule has 14 heavy (non-hydrogen) atoms. The Morgan fingerprint density at radius 2 is 2.14 bits per heavy atom. The number of rotatable bonds is 1. The highest BCUT2D eigenvalue weighted by Crippen LogP contribution is 2.21. The molecule has 1 unspecified atom stereocenters. The monoisotopic (exact) mass is 191 g/mol. The summed E-state index contributed by atoms with van der Waals surface area (Å²) in [5.41, 5.74) is 2.78. The van der Waals surface area contributed by atoms with Gasteiger partial charge in [0.1, 0.15) is 0 Å². The zero-order valence-electron chi connectivity index (χ0n) is 8.62. The molecule has 2 rings (SSSR count). The Hall–Kier alpha value is -0.860. The molecule has 2 heteroatoms. The van der Waals surface area contributed by atoms with Gasteiger partial charge in [0.25, 0.3) is 0 Å². The van der Waals surface area contributed by atoms with E-state index in [4.69, 9.17) is 4.74 Å². The Balaban J connectivity index is 2.16. The van der Waals surface area contributed by atoms with E-state index in [0.29, 0.717) is 6.04 Å². The minimum atomic E-state index is 0.471. The van der Waals surface area contributed by atoms with E-state index in [1.54, 1.807) is 0 Å². The van der Waals surface area contributed by atoms with Gasteiger partial charge in [0.05, 0.1) is 6.61 Å². The number of ether oxygens (including phenoxy) is 1. The SMILES string of the molecule is Cc1ccccc1C1CCOCCN1. The van der Waals surface area contributed by atoms with Gasteiger partial charge < -0.3 is 10.1 Å². The van der Waals surface area contributed by atoms with Crippen LogP contribution in [0.25, 0.3) is 0 Å². The van der Waals surface area contributed by atoms with Crippen LogP contribution in [-0.2, 0) is 4.74 Å². The first-order valence-corrected chi connectivity index (χ1v) is 5.24. The van der Waals surface area contributed by atoms with Gasteiger partial charge in [-0.25, -0.2) is 0 Å². The second-order valence-electron chi connectivity index (χ2n) is 3.76. The van der Waals surface area contributed by atoms with Gasteiger partial charge in [0.2, 0.25) is 0 Å². The lowest BCUT2D eigenvalue weighted by molar-refractivity contribution is 0.150. The molecule has 1 aliphatic heterocycles. The largest absolute Gasteiger partial charge is 0.380 e. The maximum atomic E-state index is 5.42. The van der Waals surface area contributed by atoms with Crippen molar-refractivity contribution >= 4 is 0 Å². The van der Waals surface area contributed by atoms with Gasteiger partial charge in [-0.1, -0.05) is 24.3 Å². The van der Waals surface area contributed by atoms with E-state index in [2.05, 4.69) is 36.5 Å². The maximum absolute atomic E-state index is 5.42. The van der Waals surface area contributed by atoms with Crippen LogP contribution < -0.4 is 5.32 Å². The summed E-state index contributed by atoms with van der Waals surface area (Å²) >= 11 is 0. The molecular weight excluding hydrogens is 174 g/mol. The van der Waals surface area contributed by atoms with Crippen LogP contribution in [0.15, 0.2) is 24.3 Å². The predicted octanol–water partition coefficient (Wildman–Crippen LogP) is 2.05. The van der Waals surface area contributed by atoms with Gasteiger partial charge >= 0.3 is 0 Å². The van der Waals surface area contributed by atoms with Gasteiger partial charge in [0.15, 0.2) is 0 Å². The fraction of sp³-hybridized carbons (Fsp3) is 0.500. The van der Waals surface area contributed by atoms with Crippen molar-refractivity contribution in [3.63, 3.8) is 0 Å². The summed E-state index contributed by atoms with van der Waals surface area (Å²) in [6, 6.07) is 9.04. The summed E-state index contributed by atoms with van der Waals surface area (Å²) in [7, 11) is 0. The summed E-state index contributed by atoms with van der Waals surface area (Å²) < 4.78 is 5.42. The average Bonchev–Trinajstić information content (AvgIpc) is 2.47. The van der Waals surface area contributed by atoms with E-state index < -0.39 is 0 Å². The predicted molar refractivity (Wildman–Crippen MR) is 57.4 cm³/mol. The molecule has 0 bridgehead atoms. The minimum Gasteiger partial charge on any atom is -0.380 e. The van der Waals surface area contributed by atoms with Gasteiger partial charge in [-0.3, -0.25) is 0 Å². The molecule has 0 amide bonds. The number of hydrogen-bond acceptors (Lipinski definition) is 2. The van der Waals surface area contributed by atoms with Gasteiger partial charge in [-0.2, -0.15) is 0 Å². The Morgan fingerprint density at radius 1 is 1.29 bits per heavy atom. The van der Waals surface area contributed by atoms with Crippen LogP contribution in [-0.4, -0.2) is 19.8 Å². The summed E-state index contributed by atoms with van der Waals surface area (Å²) in [5.74, 6) is 0. The highest BCUT2D eigenvalue weighted by atomic mass is 16.5. The standard InChI is InChI=1S/C12H17NO/c1-10-4-2-3-5-11(10)12-6-8-14-9-7-13-12/h2-5,12-13H,6-9H2,1H3. The molecule has 2 nitrogen and oxygen atoms in total. The Kier molecular flexibility index (Phi) is 3.17. The summed E-state index contributed by atoms with van der Waals surface area (Å²) in [6.07, 6.45) is 1.07. The van der Waals surface area contributed by atoms with Crippen LogP contribution in [0.3, 0.4) is 0 Å². The van der Waals surface area contributed by atoms with Gasteiger partial charge in [-0.15, -0.1) is 0 Å². The first-order valence-electron chi connectivity index (χ1n) is 5.24. The van der Waals surface area contributed by atoms with Gasteiger partial charge in [0, 0.05) is 19.2 Å². The lowest BCUT2D eigenvalue weighted by Crippen LogP contribution is -2.22. The molecule has 1 saturated heterocycles. The molecule has 0 aromatic heterocycles. The zero-order chi connectivity index (χ0) is 9.80. The average molecular weight is 191 g/mol. The first kappa shape index (κ1) is 9.69. The Bertz CT molecular complexity index is 290. The molecule has 1 aromatic rings. The molecule has 1 heterocycles. The lowest BCUT2D eigenvalue weighted by Gasteiger charge is -2.17. The van der Waals surface area contributed by atoms with Crippen molar-refractivity contribution < 1.29 is 4.74 Å². The second kappa shape index (κ2) is 4.58. The normalized spacial score (nSPS) is 23.1. The minimum absolute atomic E-state index is 0.471. The summed E-state index contributed by atoms with van der Waals surface area (Å²) in [4.78, 5) is 0. The molecule has 1 atom stereocenters.